The van der Waals surface area contributed by atoms with Gasteiger partial charge in [0.1, 0.15) is 17.5 Å². The molecule has 0 spiro atoms. The molecule has 1 aliphatic rings. The minimum Gasteiger partial charge on any atom is -0.426 e. The monoisotopic (exact) mass is 364 g/mol. The fourth-order valence-corrected chi connectivity index (χ4v) is 4.51. The lowest BCUT2D eigenvalue weighted by atomic mass is 9.78. The molecule has 1 heterocycles. The normalized spacial score (nSPS) is 24.1. The zero-order valence-corrected chi connectivity index (χ0v) is 17.8. The van der Waals surface area contributed by atoms with Gasteiger partial charge in [-0.3, -0.25) is 4.79 Å². The molecule has 1 aliphatic heterocycles. The Morgan fingerprint density at radius 3 is 2.28 bits per heavy atom. The summed E-state index contributed by atoms with van der Waals surface area (Å²) in [5.41, 5.74) is -0.0370. The van der Waals surface area contributed by atoms with Crippen LogP contribution in [0.25, 0.3) is 0 Å². The highest BCUT2D eigenvalue weighted by molar-refractivity contribution is 6.69. The highest BCUT2D eigenvalue weighted by atomic mass is 28.4. The van der Waals surface area contributed by atoms with E-state index in [-0.39, 0.29) is 17.7 Å². The summed E-state index contributed by atoms with van der Waals surface area (Å²) < 4.78 is 18.3. The zero-order chi connectivity index (χ0) is 19.0. The maximum atomic E-state index is 12.4. The fourth-order valence-electron chi connectivity index (χ4n) is 2.97. The Balaban J connectivity index is 2.36. The first-order valence-corrected chi connectivity index (χ1v) is 12.4. The second-order valence-corrected chi connectivity index (χ2v) is 13.6. The summed E-state index contributed by atoms with van der Waals surface area (Å²) in [5.74, 6) is 0.612. The van der Waals surface area contributed by atoms with Crippen molar-refractivity contribution in [2.75, 3.05) is 6.61 Å². The molecule has 25 heavy (non-hydrogen) atoms. The first-order valence-electron chi connectivity index (χ1n) is 9.00. The molecule has 1 saturated heterocycles. The number of rotatable bonds is 5. The van der Waals surface area contributed by atoms with Gasteiger partial charge in [0.25, 0.3) is 0 Å². The van der Waals surface area contributed by atoms with Gasteiger partial charge in [-0.1, -0.05) is 32.0 Å². The molecule has 0 bridgehead atoms. The molecule has 2 rings (SSSR count). The molecule has 0 aliphatic carbocycles. The molecular weight excluding hydrogens is 332 g/mol. The summed E-state index contributed by atoms with van der Waals surface area (Å²) >= 11 is 0. The molecule has 5 heteroatoms. The van der Waals surface area contributed by atoms with Gasteiger partial charge in [-0.05, 0) is 52.4 Å². The number of carbonyl (C=O) groups excluding carboxylic acids is 1. The van der Waals surface area contributed by atoms with Crippen molar-refractivity contribution in [2.24, 2.45) is 11.3 Å². The highest BCUT2D eigenvalue weighted by Crippen LogP contribution is 2.50. The Morgan fingerprint density at radius 2 is 1.84 bits per heavy atom. The Bertz CT molecular complexity index is 627. The van der Waals surface area contributed by atoms with Crippen LogP contribution in [0.3, 0.4) is 0 Å². The summed E-state index contributed by atoms with van der Waals surface area (Å²) in [7, 11) is -1.77. The van der Waals surface area contributed by atoms with Crippen LogP contribution < -0.4 is 4.74 Å². The van der Waals surface area contributed by atoms with Crippen LogP contribution in [0.5, 0.6) is 5.75 Å². The molecule has 4 nitrogen and oxygen atoms in total. The van der Waals surface area contributed by atoms with Crippen molar-refractivity contribution in [2.45, 2.75) is 66.0 Å². The average Bonchev–Trinajstić information content (AvgIpc) is 2.43. The van der Waals surface area contributed by atoms with E-state index in [2.05, 4.69) is 33.5 Å². The van der Waals surface area contributed by atoms with Crippen molar-refractivity contribution < 1.29 is 18.7 Å². The van der Waals surface area contributed by atoms with Crippen molar-refractivity contribution in [1.29, 1.82) is 0 Å². The third-order valence-electron chi connectivity index (χ3n) is 4.41. The third kappa shape index (κ3) is 4.33. The van der Waals surface area contributed by atoms with Crippen LogP contribution in [0.4, 0.5) is 0 Å². The molecule has 0 aromatic heterocycles. The van der Waals surface area contributed by atoms with Crippen molar-refractivity contribution in [3.8, 4) is 5.75 Å². The zero-order valence-electron chi connectivity index (χ0n) is 16.8. The number of carbonyl (C=O) groups is 1. The topological polar surface area (TPSA) is 44.8 Å². The predicted octanol–water partition coefficient (Wildman–Crippen LogP) is 4.96. The second kappa shape index (κ2) is 6.86. The van der Waals surface area contributed by atoms with Crippen molar-refractivity contribution in [3.05, 3.63) is 29.8 Å². The molecule has 1 aromatic carbocycles. The van der Waals surface area contributed by atoms with E-state index < -0.39 is 13.7 Å². The van der Waals surface area contributed by atoms with Gasteiger partial charge < -0.3 is 13.9 Å². The minimum absolute atomic E-state index is 0.219. The van der Waals surface area contributed by atoms with Gasteiger partial charge in [0.05, 0.1) is 12.0 Å². The van der Waals surface area contributed by atoms with Crippen molar-refractivity contribution in [3.63, 3.8) is 0 Å². The Hall–Kier alpha value is -1.17. The molecule has 140 valence electrons. The average molecular weight is 365 g/mol. The maximum Gasteiger partial charge on any atom is 0.316 e. The molecule has 1 fully saturated rings. The molecule has 0 amide bonds. The summed E-state index contributed by atoms with van der Waals surface area (Å²) in [5, 5.41) is 0. The molecule has 0 N–H and O–H groups in total. The predicted molar refractivity (Wildman–Crippen MR) is 102 cm³/mol. The van der Waals surface area contributed by atoms with Gasteiger partial charge >= 0.3 is 5.97 Å². The highest BCUT2D eigenvalue weighted by Gasteiger charge is 2.55. The lowest BCUT2D eigenvalue weighted by Gasteiger charge is -2.54. The van der Waals surface area contributed by atoms with E-state index in [9.17, 15) is 4.79 Å². The molecule has 2 atom stereocenters. The number of esters is 1. The van der Waals surface area contributed by atoms with Crippen LogP contribution in [0.15, 0.2) is 24.3 Å². The van der Waals surface area contributed by atoms with Gasteiger partial charge in [-0.2, -0.15) is 0 Å². The van der Waals surface area contributed by atoms with E-state index in [4.69, 9.17) is 13.9 Å². The lowest BCUT2D eigenvalue weighted by molar-refractivity contribution is -0.251. The third-order valence-corrected chi connectivity index (χ3v) is 5.40. The van der Waals surface area contributed by atoms with Crippen LogP contribution in [-0.2, 0) is 14.0 Å². The summed E-state index contributed by atoms with van der Waals surface area (Å²) in [6.07, 6.45) is -0.219. The largest absolute Gasteiger partial charge is 0.426 e. The van der Waals surface area contributed by atoms with Gasteiger partial charge in [-0.15, -0.1) is 0 Å². The van der Waals surface area contributed by atoms with Gasteiger partial charge in [-0.25, -0.2) is 0 Å². The first-order chi connectivity index (χ1) is 11.4. The number of ether oxygens (including phenoxy) is 2. The smallest absolute Gasteiger partial charge is 0.316 e. The Kier molecular flexibility index (Phi) is 5.52. The fraction of sp³-hybridized carbons (Fsp3) is 0.650. The van der Waals surface area contributed by atoms with Crippen LogP contribution in [-0.4, -0.2) is 26.5 Å². The Morgan fingerprint density at radius 1 is 1.24 bits per heavy atom. The summed E-state index contributed by atoms with van der Waals surface area (Å²) in [6.45, 7) is 17.0. The number of benzene rings is 1. The summed E-state index contributed by atoms with van der Waals surface area (Å²) in [6, 6.07) is 7.63. The molecular formula is C20H32O4Si. The minimum atomic E-state index is -1.77. The number of hydrogen-bond donors (Lipinski definition) is 0. The van der Waals surface area contributed by atoms with E-state index in [1.165, 1.54) is 0 Å². The second-order valence-electron chi connectivity index (χ2n) is 9.19. The van der Waals surface area contributed by atoms with Crippen molar-refractivity contribution >= 4 is 14.3 Å². The van der Waals surface area contributed by atoms with E-state index in [0.717, 1.165) is 5.56 Å². The van der Waals surface area contributed by atoms with Crippen molar-refractivity contribution in [1.82, 2.24) is 0 Å². The van der Waals surface area contributed by atoms with Crippen LogP contribution in [0.2, 0.25) is 19.6 Å². The summed E-state index contributed by atoms with van der Waals surface area (Å²) in [4.78, 5) is 12.4. The standard InChI is InChI=1S/C20H32O4Si/c1-14(2)20(24-25(6,7)8)13-22-17(20)15-11-9-10-12-16(15)23-18(21)19(3,4)5/h9-12,14,17H,13H2,1-8H3/t17-,20+/m0/s1. The SMILES string of the molecule is CC(C)[C@]1(O[Si](C)(C)C)CO[C@H]1c1ccccc1OC(=O)C(C)(C)C. The maximum absolute atomic E-state index is 12.4. The molecule has 0 unspecified atom stereocenters. The Labute approximate surface area is 153 Å². The van der Waals surface area contributed by atoms with E-state index in [1.54, 1.807) is 0 Å². The quantitative estimate of drug-likeness (QED) is 0.421. The van der Waals surface area contributed by atoms with Gasteiger partial charge in [0.2, 0.25) is 0 Å². The number of para-hydroxylation sites is 1. The number of hydrogen-bond acceptors (Lipinski definition) is 4. The first kappa shape index (κ1) is 20.1. The van der Waals surface area contributed by atoms with Crippen LogP contribution >= 0.6 is 0 Å². The van der Waals surface area contributed by atoms with E-state index >= 15 is 0 Å². The van der Waals surface area contributed by atoms with Crippen LogP contribution in [0, 0.1) is 11.3 Å². The van der Waals surface area contributed by atoms with Crippen LogP contribution in [0.1, 0.15) is 46.3 Å². The molecule has 0 saturated carbocycles. The van der Waals surface area contributed by atoms with E-state index in [0.29, 0.717) is 18.3 Å². The molecule has 0 radical (unpaired) electrons. The van der Waals surface area contributed by atoms with E-state index in [1.807, 2.05) is 45.0 Å². The van der Waals surface area contributed by atoms with Gasteiger partial charge in [0.15, 0.2) is 8.32 Å². The molecule has 1 aromatic rings. The van der Waals surface area contributed by atoms with Gasteiger partial charge in [0, 0.05) is 5.56 Å². The lowest BCUT2D eigenvalue weighted by Crippen LogP contribution is -2.61.